The van der Waals surface area contributed by atoms with Crippen molar-refractivity contribution in [3.8, 4) is 11.1 Å². The molecule has 0 bridgehead atoms. The minimum Gasteiger partial charge on any atom is -0.399 e. The molecule has 0 radical (unpaired) electrons. The Morgan fingerprint density at radius 3 is 1.82 bits per heavy atom. The maximum absolute atomic E-state index is 6.41. The lowest BCUT2D eigenvalue weighted by Gasteiger charge is -2.32. The minimum absolute atomic E-state index is 0.386. The van der Waals surface area contributed by atoms with Crippen molar-refractivity contribution in [2.24, 2.45) is 0 Å². The molecule has 0 saturated carbocycles. The first-order valence-corrected chi connectivity index (χ1v) is 13.8. The van der Waals surface area contributed by atoms with Crippen LogP contribution in [0.3, 0.4) is 0 Å². The van der Waals surface area contributed by atoms with Gasteiger partial charge in [0.25, 0.3) is 0 Å². The summed E-state index contributed by atoms with van der Waals surface area (Å²) in [6.07, 6.45) is 7.91. The number of benzene rings is 2. The van der Waals surface area contributed by atoms with Crippen LogP contribution < -0.4 is 26.2 Å². The van der Waals surface area contributed by atoms with Gasteiger partial charge in [-0.05, 0) is 77.2 Å². The highest BCUT2D eigenvalue weighted by Crippen LogP contribution is 2.36. The zero-order chi connectivity index (χ0) is 23.6. The molecule has 0 aliphatic carbocycles. The predicted molar refractivity (Wildman–Crippen MR) is 140 cm³/mol. The van der Waals surface area contributed by atoms with E-state index in [0.717, 1.165) is 5.46 Å². The van der Waals surface area contributed by atoms with Gasteiger partial charge >= 0.3 is 7.12 Å². The number of pyridine rings is 2. The number of hydrogen-bond donors (Lipinski definition) is 0. The molecule has 2 aliphatic rings. The van der Waals surface area contributed by atoms with Gasteiger partial charge in [0, 0.05) is 24.8 Å². The second-order valence-corrected chi connectivity index (χ2v) is 13.9. The van der Waals surface area contributed by atoms with E-state index in [2.05, 4.69) is 117 Å². The van der Waals surface area contributed by atoms with Crippen molar-refractivity contribution < 1.29 is 9.31 Å². The van der Waals surface area contributed by atoms with Gasteiger partial charge in [-0.15, -0.1) is 0 Å². The SMILES string of the molecule is CC1(C)OB(c2cccc([Si]3(c4ccccc4)c4cnccc4-c4ccncc43)c2)OC1(C)C. The van der Waals surface area contributed by atoms with Crippen molar-refractivity contribution in [1.82, 2.24) is 9.97 Å². The van der Waals surface area contributed by atoms with Crippen molar-refractivity contribution in [2.75, 3.05) is 0 Å². The molecule has 1 saturated heterocycles. The Balaban J connectivity index is 1.61. The standard InChI is InChI=1S/C28H27BN2O2Si/c1-27(2)28(3,4)33-29(32-27)20-9-8-12-22(17-20)34(21-10-6-5-7-11-21)25-18-30-15-13-23(25)24-14-16-31-19-26(24)34/h5-19H,1-4H3. The first-order valence-electron chi connectivity index (χ1n) is 11.8. The number of nitrogens with zero attached hydrogens (tertiary/aromatic N) is 2. The number of fused-ring (bicyclic) bond motifs is 3. The Kier molecular flexibility index (Phi) is 4.72. The van der Waals surface area contributed by atoms with Crippen LogP contribution in [0.2, 0.25) is 0 Å². The average molecular weight is 462 g/mol. The third-order valence-electron chi connectivity index (χ3n) is 7.79. The topological polar surface area (TPSA) is 44.2 Å². The number of rotatable bonds is 3. The molecular weight excluding hydrogens is 435 g/mol. The van der Waals surface area contributed by atoms with E-state index < -0.39 is 15.2 Å². The lowest BCUT2D eigenvalue weighted by Crippen LogP contribution is -2.73. The van der Waals surface area contributed by atoms with Crippen LogP contribution in [0.15, 0.2) is 91.5 Å². The lowest BCUT2D eigenvalue weighted by molar-refractivity contribution is 0.00578. The normalized spacial score (nSPS) is 19.0. The fourth-order valence-electron chi connectivity index (χ4n) is 5.38. The van der Waals surface area contributed by atoms with Crippen LogP contribution in [0.4, 0.5) is 0 Å². The van der Waals surface area contributed by atoms with Crippen LogP contribution in [0.25, 0.3) is 11.1 Å². The fraction of sp³-hybridized carbons (Fsp3) is 0.214. The molecule has 1 fully saturated rings. The quantitative estimate of drug-likeness (QED) is 0.386. The summed E-state index contributed by atoms with van der Waals surface area (Å²) in [5.74, 6) is 0. The number of hydrogen-bond acceptors (Lipinski definition) is 4. The van der Waals surface area contributed by atoms with Gasteiger partial charge in [-0.1, -0.05) is 54.6 Å². The van der Waals surface area contributed by atoms with E-state index in [9.17, 15) is 0 Å². The second kappa shape index (κ2) is 7.47. The fourth-order valence-corrected chi connectivity index (χ4v) is 10.4. The molecule has 6 rings (SSSR count). The van der Waals surface area contributed by atoms with Gasteiger partial charge < -0.3 is 9.31 Å². The van der Waals surface area contributed by atoms with E-state index in [1.165, 1.54) is 31.9 Å². The highest BCUT2D eigenvalue weighted by atomic mass is 28.3. The van der Waals surface area contributed by atoms with Gasteiger partial charge in [-0.2, -0.15) is 0 Å². The van der Waals surface area contributed by atoms with Crippen molar-refractivity contribution in [1.29, 1.82) is 0 Å². The summed E-state index contributed by atoms with van der Waals surface area (Å²) in [5.41, 5.74) is 2.78. The Hall–Kier alpha value is -3.06. The van der Waals surface area contributed by atoms with Crippen LogP contribution in [0.5, 0.6) is 0 Å². The van der Waals surface area contributed by atoms with Crippen LogP contribution in [-0.4, -0.2) is 36.4 Å². The van der Waals surface area contributed by atoms with Crippen molar-refractivity contribution in [3.05, 3.63) is 91.5 Å². The monoisotopic (exact) mass is 462 g/mol. The Bertz CT molecular complexity index is 1330. The molecular formula is C28H27BN2O2Si. The van der Waals surface area contributed by atoms with E-state index in [1.54, 1.807) is 0 Å². The molecule has 2 aromatic carbocycles. The molecule has 4 nitrogen and oxygen atoms in total. The molecule has 168 valence electrons. The molecule has 0 unspecified atom stereocenters. The largest absolute Gasteiger partial charge is 0.494 e. The van der Waals surface area contributed by atoms with Gasteiger partial charge in [-0.25, -0.2) is 0 Å². The van der Waals surface area contributed by atoms with Gasteiger partial charge in [0.2, 0.25) is 0 Å². The summed E-state index contributed by atoms with van der Waals surface area (Å²) in [5, 5.41) is 5.21. The summed E-state index contributed by atoms with van der Waals surface area (Å²) in [6.45, 7) is 8.38. The summed E-state index contributed by atoms with van der Waals surface area (Å²) in [7, 11) is -3.02. The molecule has 0 atom stereocenters. The van der Waals surface area contributed by atoms with Crippen LogP contribution >= 0.6 is 0 Å². The molecule has 0 amide bonds. The van der Waals surface area contributed by atoms with Crippen LogP contribution in [0, 0.1) is 0 Å². The third kappa shape index (κ3) is 2.92. The molecule has 4 aromatic rings. The highest BCUT2D eigenvalue weighted by molar-refractivity contribution is 7.22. The minimum atomic E-state index is -2.62. The smallest absolute Gasteiger partial charge is 0.399 e. The zero-order valence-corrected chi connectivity index (χ0v) is 20.9. The summed E-state index contributed by atoms with van der Waals surface area (Å²) in [6, 6.07) is 23.9. The molecule has 4 heterocycles. The van der Waals surface area contributed by atoms with E-state index in [1.807, 2.05) is 12.4 Å². The molecule has 2 aromatic heterocycles. The average Bonchev–Trinajstić information content (AvgIpc) is 3.27. The lowest BCUT2D eigenvalue weighted by atomic mass is 9.79. The number of aromatic nitrogens is 2. The molecule has 6 heteroatoms. The van der Waals surface area contributed by atoms with Gasteiger partial charge in [0.05, 0.1) is 11.2 Å². The maximum Gasteiger partial charge on any atom is 0.494 e. The van der Waals surface area contributed by atoms with E-state index in [-0.39, 0.29) is 11.2 Å². The Morgan fingerprint density at radius 1 is 0.676 bits per heavy atom. The first kappa shape index (κ1) is 21.5. The third-order valence-corrected chi connectivity index (χ3v) is 12.6. The van der Waals surface area contributed by atoms with Gasteiger partial charge in [-0.3, -0.25) is 9.97 Å². The summed E-state index contributed by atoms with van der Waals surface area (Å²) in [4.78, 5) is 9.18. The predicted octanol–water partition coefficient (Wildman–Crippen LogP) is 2.13. The molecule has 2 aliphatic heterocycles. The van der Waals surface area contributed by atoms with Crippen molar-refractivity contribution >= 4 is 41.4 Å². The summed E-state index contributed by atoms with van der Waals surface area (Å²) >= 11 is 0. The molecule has 0 N–H and O–H groups in total. The highest BCUT2D eigenvalue weighted by Gasteiger charge is 2.53. The van der Waals surface area contributed by atoms with Crippen molar-refractivity contribution in [3.63, 3.8) is 0 Å². The molecule has 0 spiro atoms. The first-order chi connectivity index (χ1) is 16.3. The van der Waals surface area contributed by atoms with E-state index >= 15 is 0 Å². The maximum atomic E-state index is 6.41. The van der Waals surface area contributed by atoms with E-state index in [0.29, 0.717) is 0 Å². The summed E-state index contributed by atoms with van der Waals surface area (Å²) < 4.78 is 12.8. The second-order valence-electron chi connectivity index (χ2n) is 10.2. The Morgan fingerprint density at radius 2 is 1.24 bits per heavy atom. The van der Waals surface area contributed by atoms with E-state index in [4.69, 9.17) is 9.31 Å². The Labute approximate surface area is 202 Å². The van der Waals surface area contributed by atoms with Gasteiger partial charge in [0.15, 0.2) is 8.07 Å². The van der Waals surface area contributed by atoms with Crippen LogP contribution in [0.1, 0.15) is 27.7 Å². The molecule has 34 heavy (non-hydrogen) atoms. The van der Waals surface area contributed by atoms with Crippen molar-refractivity contribution in [2.45, 2.75) is 38.9 Å². The van der Waals surface area contributed by atoms with Crippen LogP contribution in [-0.2, 0) is 9.31 Å². The zero-order valence-electron chi connectivity index (χ0n) is 19.9. The van der Waals surface area contributed by atoms with Gasteiger partial charge in [0.1, 0.15) is 0 Å².